The first-order valence-corrected chi connectivity index (χ1v) is 9.36. The highest BCUT2D eigenvalue weighted by Crippen LogP contribution is 2.37. The number of aromatic nitrogens is 4. The molecule has 1 saturated heterocycles. The number of carbonyl (C=O) groups excluding carboxylic acids is 1. The van der Waals surface area contributed by atoms with Crippen LogP contribution >= 0.6 is 0 Å². The Balaban J connectivity index is 1.60. The summed E-state index contributed by atoms with van der Waals surface area (Å²) in [6.07, 6.45) is 4.46. The van der Waals surface area contributed by atoms with Crippen LogP contribution in [-0.4, -0.2) is 37.3 Å². The normalized spacial score (nSPS) is 19.8. The van der Waals surface area contributed by atoms with Gasteiger partial charge in [-0.2, -0.15) is 10.1 Å². The maximum absolute atomic E-state index is 13.2. The zero-order chi connectivity index (χ0) is 19.7. The summed E-state index contributed by atoms with van der Waals surface area (Å²) < 4.78 is 20.2. The number of likely N-dealkylation sites (tertiary alicyclic amines) is 1. The van der Waals surface area contributed by atoms with E-state index in [0.717, 1.165) is 25.0 Å². The molecule has 7 nitrogen and oxygen atoms in total. The average Bonchev–Trinajstić information content (AvgIpc) is 3.32. The second kappa shape index (κ2) is 7.18. The van der Waals surface area contributed by atoms with Crippen LogP contribution in [0.4, 0.5) is 4.39 Å². The molecule has 0 bridgehead atoms. The van der Waals surface area contributed by atoms with E-state index in [0.29, 0.717) is 23.8 Å². The molecule has 3 heterocycles. The van der Waals surface area contributed by atoms with Crippen LogP contribution in [0.5, 0.6) is 0 Å². The SMILES string of the molecule is Cc1ccn(CC(=O)N2CCCC[C@@]2(C)c2noc(-c3ccc(F)cc3)n2)n1. The van der Waals surface area contributed by atoms with Gasteiger partial charge >= 0.3 is 0 Å². The van der Waals surface area contributed by atoms with Crippen molar-refractivity contribution < 1.29 is 13.7 Å². The fraction of sp³-hybridized carbons (Fsp3) is 0.400. The van der Waals surface area contributed by atoms with Crippen molar-refractivity contribution in [2.45, 2.75) is 45.2 Å². The molecule has 0 aliphatic carbocycles. The molecule has 1 aliphatic heterocycles. The van der Waals surface area contributed by atoms with Crippen LogP contribution in [0.15, 0.2) is 41.1 Å². The molecule has 4 rings (SSSR count). The lowest BCUT2D eigenvalue weighted by molar-refractivity contribution is -0.141. The number of halogens is 1. The quantitative estimate of drug-likeness (QED) is 0.691. The van der Waals surface area contributed by atoms with Crippen LogP contribution in [0.2, 0.25) is 0 Å². The third-order valence-electron chi connectivity index (χ3n) is 5.26. The van der Waals surface area contributed by atoms with E-state index in [9.17, 15) is 9.18 Å². The molecule has 1 aromatic carbocycles. The van der Waals surface area contributed by atoms with Gasteiger partial charge in [0.05, 0.1) is 5.69 Å². The van der Waals surface area contributed by atoms with E-state index >= 15 is 0 Å². The Morgan fingerprint density at radius 1 is 1.25 bits per heavy atom. The second-order valence-electron chi connectivity index (χ2n) is 7.36. The molecule has 0 N–H and O–H groups in total. The molecule has 28 heavy (non-hydrogen) atoms. The minimum Gasteiger partial charge on any atom is -0.334 e. The zero-order valence-electron chi connectivity index (χ0n) is 15.9. The van der Waals surface area contributed by atoms with E-state index in [4.69, 9.17) is 4.52 Å². The minimum atomic E-state index is -0.653. The number of benzene rings is 1. The van der Waals surface area contributed by atoms with E-state index in [-0.39, 0.29) is 18.3 Å². The van der Waals surface area contributed by atoms with E-state index in [2.05, 4.69) is 15.2 Å². The second-order valence-corrected chi connectivity index (χ2v) is 7.36. The molecule has 2 aromatic heterocycles. The van der Waals surface area contributed by atoms with Crippen molar-refractivity contribution >= 4 is 5.91 Å². The summed E-state index contributed by atoms with van der Waals surface area (Å²) in [5.74, 6) is 0.431. The van der Waals surface area contributed by atoms with Crippen molar-refractivity contribution in [2.75, 3.05) is 6.54 Å². The highest BCUT2D eigenvalue weighted by molar-refractivity contribution is 5.77. The molecule has 1 amide bonds. The highest BCUT2D eigenvalue weighted by Gasteiger charge is 2.42. The van der Waals surface area contributed by atoms with Crippen molar-refractivity contribution in [2.24, 2.45) is 0 Å². The lowest BCUT2D eigenvalue weighted by Crippen LogP contribution is -2.52. The predicted octanol–water partition coefficient (Wildman–Crippen LogP) is 3.31. The molecule has 0 saturated carbocycles. The summed E-state index contributed by atoms with van der Waals surface area (Å²) in [5.41, 5.74) is 0.861. The number of piperidine rings is 1. The molecular formula is C20H22FN5O2. The molecule has 1 atom stereocenters. The van der Waals surface area contributed by atoms with Crippen molar-refractivity contribution in [3.63, 3.8) is 0 Å². The van der Waals surface area contributed by atoms with Gasteiger partial charge in [-0.15, -0.1) is 0 Å². The standard InChI is InChI=1S/C20H22FN5O2/c1-14-9-12-25(23-14)13-17(27)26-11-4-3-10-20(26,2)19-22-18(28-24-19)15-5-7-16(21)8-6-15/h5-9,12H,3-4,10-11,13H2,1-2H3/t20-/m0/s1. The van der Waals surface area contributed by atoms with Crippen LogP contribution < -0.4 is 0 Å². The van der Waals surface area contributed by atoms with Gasteiger partial charge in [-0.3, -0.25) is 9.48 Å². The van der Waals surface area contributed by atoms with Crippen LogP contribution in [0.3, 0.4) is 0 Å². The molecule has 3 aromatic rings. The molecule has 1 fully saturated rings. The Labute approximate surface area is 162 Å². The maximum atomic E-state index is 13.2. The number of carbonyl (C=O) groups is 1. The first kappa shape index (κ1) is 18.3. The van der Waals surface area contributed by atoms with Crippen molar-refractivity contribution in [3.05, 3.63) is 53.9 Å². The lowest BCUT2D eigenvalue weighted by Gasteiger charge is -2.42. The fourth-order valence-corrected chi connectivity index (χ4v) is 3.68. The molecular weight excluding hydrogens is 361 g/mol. The summed E-state index contributed by atoms with van der Waals surface area (Å²) in [5, 5.41) is 8.46. The molecule has 146 valence electrons. The van der Waals surface area contributed by atoms with E-state index < -0.39 is 5.54 Å². The Morgan fingerprint density at radius 2 is 2.04 bits per heavy atom. The first-order chi connectivity index (χ1) is 13.5. The van der Waals surface area contributed by atoms with E-state index in [1.165, 1.54) is 12.1 Å². The largest absolute Gasteiger partial charge is 0.334 e. The van der Waals surface area contributed by atoms with E-state index in [1.54, 1.807) is 23.0 Å². The lowest BCUT2D eigenvalue weighted by atomic mass is 9.87. The maximum Gasteiger partial charge on any atom is 0.258 e. The van der Waals surface area contributed by atoms with Gasteiger partial charge in [0.2, 0.25) is 5.91 Å². The fourth-order valence-electron chi connectivity index (χ4n) is 3.68. The van der Waals surface area contributed by atoms with Crippen LogP contribution in [0.25, 0.3) is 11.5 Å². The number of amides is 1. The topological polar surface area (TPSA) is 77.0 Å². The Kier molecular flexibility index (Phi) is 4.70. The predicted molar refractivity (Wildman–Crippen MR) is 99.6 cm³/mol. The Hall–Kier alpha value is -3.03. The summed E-state index contributed by atoms with van der Waals surface area (Å²) in [7, 11) is 0. The van der Waals surface area contributed by atoms with Crippen LogP contribution in [-0.2, 0) is 16.9 Å². The number of aryl methyl sites for hydroxylation is 1. The van der Waals surface area contributed by atoms with Gasteiger partial charge in [-0.1, -0.05) is 5.16 Å². The zero-order valence-corrected chi connectivity index (χ0v) is 15.9. The van der Waals surface area contributed by atoms with Crippen molar-refractivity contribution in [1.29, 1.82) is 0 Å². The number of hydrogen-bond acceptors (Lipinski definition) is 5. The molecule has 0 spiro atoms. The molecule has 0 radical (unpaired) electrons. The number of rotatable bonds is 4. The highest BCUT2D eigenvalue weighted by atomic mass is 19.1. The van der Waals surface area contributed by atoms with Gasteiger partial charge < -0.3 is 9.42 Å². The number of nitrogens with zero attached hydrogens (tertiary/aromatic N) is 5. The van der Waals surface area contributed by atoms with E-state index in [1.807, 2.05) is 24.8 Å². The summed E-state index contributed by atoms with van der Waals surface area (Å²) in [4.78, 5) is 19.4. The van der Waals surface area contributed by atoms with Gasteiger partial charge in [-0.25, -0.2) is 4.39 Å². The summed E-state index contributed by atoms with van der Waals surface area (Å²) in [6, 6.07) is 7.77. The van der Waals surface area contributed by atoms with Gasteiger partial charge in [0.15, 0.2) is 5.82 Å². The first-order valence-electron chi connectivity index (χ1n) is 9.36. The molecule has 0 unspecified atom stereocenters. The average molecular weight is 383 g/mol. The van der Waals surface area contributed by atoms with Gasteiger partial charge in [-0.05, 0) is 63.4 Å². The molecule has 1 aliphatic rings. The Morgan fingerprint density at radius 3 is 2.75 bits per heavy atom. The summed E-state index contributed by atoms with van der Waals surface area (Å²) >= 11 is 0. The molecule has 8 heteroatoms. The third kappa shape index (κ3) is 3.42. The smallest absolute Gasteiger partial charge is 0.258 e. The summed E-state index contributed by atoms with van der Waals surface area (Å²) in [6.45, 7) is 4.67. The monoisotopic (exact) mass is 383 g/mol. The van der Waals surface area contributed by atoms with Crippen LogP contribution in [0.1, 0.15) is 37.7 Å². The van der Waals surface area contributed by atoms with Gasteiger partial charge in [0.1, 0.15) is 17.9 Å². The van der Waals surface area contributed by atoms with Gasteiger partial charge in [0.25, 0.3) is 5.89 Å². The minimum absolute atomic E-state index is 0.0292. The number of hydrogen-bond donors (Lipinski definition) is 0. The van der Waals surface area contributed by atoms with Crippen LogP contribution in [0, 0.1) is 12.7 Å². The van der Waals surface area contributed by atoms with Crippen molar-refractivity contribution in [3.8, 4) is 11.5 Å². The third-order valence-corrected chi connectivity index (χ3v) is 5.26. The van der Waals surface area contributed by atoms with Crippen molar-refractivity contribution in [1.82, 2.24) is 24.8 Å². The van der Waals surface area contributed by atoms with Gasteiger partial charge in [0, 0.05) is 18.3 Å². The Bertz CT molecular complexity index is 981.